The van der Waals surface area contributed by atoms with Crippen LogP contribution in [0, 0.1) is 11.7 Å². The molecule has 1 aromatic carbocycles. The molecule has 4 nitrogen and oxygen atoms in total. The summed E-state index contributed by atoms with van der Waals surface area (Å²) >= 11 is 0. The average Bonchev–Trinajstić information content (AvgIpc) is 2.43. The third-order valence-corrected chi connectivity index (χ3v) is 2.85. The highest BCUT2D eigenvalue weighted by Gasteiger charge is 2.04. The van der Waals surface area contributed by atoms with Crippen LogP contribution in [0.5, 0.6) is 5.75 Å². The first kappa shape index (κ1) is 16.2. The maximum absolute atomic E-state index is 13.4. The van der Waals surface area contributed by atoms with Crippen LogP contribution in [0.3, 0.4) is 0 Å². The number of ether oxygens (including phenoxy) is 1. The number of hydrogen-bond donors (Lipinski definition) is 2. The quantitative estimate of drug-likeness (QED) is 0.751. The second kappa shape index (κ2) is 8.32. The molecule has 5 heteroatoms. The van der Waals surface area contributed by atoms with E-state index < -0.39 is 5.82 Å². The average molecular weight is 281 g/mol. The lowest BCUT2D eigenvalue weighted by Crippen LogP contribution is -2.26. The van der Waals surface area contributed by atoms with E-state index >= 15 is 0 Å². The van der Waals surface area contributed by atoms with Crippen LogP contribution in [0.2, 0.25) is 0 Å². The molecule has 1 unspecified atom stereocenters. The summed E-state index contributed by atoms with van der Waals surface area (Å²) in [4.78, 5) is 11.6. The van der Waals surface area contributed by atoms with E-state index in [0.29, 0.717) is 18.5 Å². The Morgan fingerprint density at radius 2 is 2.30 bits per heavy atom. The van der Waals surface area contributed by atoms with Crippen molar-refractivity contribution in [2.45, 2.75) is 13.3 Å². The normalized spacial score (nSPS) is 12.4. The Bertz CT molecular complexity index is 474. The fourth-order valence-corrected chi connectivity index (χ4v) is 1.61. The van der Waals surface area contributed by atoms with Gasteiger partial charge in [-0.25, -0.2) is 4.39 Å². The Kier molecular flexibility index (Phi) is 6.73. The molecule has 0 radical (unpaired) electrons. The number of hydrogen-bond acceptors (Lipinski definition) is 3. The van der Waals surface area contributed by atoms with E-state index in [4.69, 9.17) is 9.84 Å². The van der Waals surface area contributed by atoms with E-state index in [-0.39, 0.29) is 24.2 Å². The molecule has 0 spiro atoms. The van der Waals surface area contributed by atoms with E-state index in [1.807, 2.05) is 6.92 Å². The smallest absolute Gasteiger partial charge is 0.244 e. The first-order valence-electron chi connectivity index (χ1n) is 6.47. The third kappa shape index (κ3) is 5.40. The number of benzene rings is 1. The number of carbonyl (C=O) groups excluding carboxylic acids is 1. The van der Waals surface area contributed by atoms with Gasteiger partial charge in [-0.05, 0) is 36.1 Å². The molecule has 1 atom stereocenters. The maximum atomic E-state index is 13.4. The summed E-state index contributed by atoms with van der Waals surface area (Å²) in [5.74, 6) is -0.321. The van der Waals surface area contributed by atoms with Crippen LogP contribution in [-0.2, 0) is 4.79 Å². The van der Waals surface area contributed by atoms with Crippen molar-refractivity contribution in [2.24, 2.45) is 5.92 Å². The summed E-state index contributed by atoms with van der Waals surface area (Å²) in [6.45, 7) is 2.55. The van der Waals surface area contributed by atoms with Gasteiger partial charge in [-0.3, -0.25) is 4.79 Å². The molecule has 0 bridgehead atoms. The molecule has 0 aromatic heterocycles. The zero-order valence-electron chi connectivity index (χ0n) is 11.7. The molecule has 0 saturated carbocycles. The second-order valence-corrected chi connectivity index (χ2v) is 4.59. The number of aliphatic hydroxyl groups is 1. The van der Waals surface area contributed by atoms with Crippen molar-refractivity contribution < 1.29 is 19.0 Å². The number of rotatable bonds is 7. The molecule has 0 aliphatic rings. The van der Waals surface area contributed by atoms with Crippen molar-refractivity contribution in [3.8, 4) is 5.75 Å². The standard InChI is InChI=1S/C15H20FNO3/c1-11(7-8-18)10-17-15(19)6-4-12-3-5-14(20-2)13(16)9-12/h3-6,9,11,18H,7-8,10H2,1-2H3,(H,17,19). The van der Waals surface area contributed by atoms with Gasteiger partial charge < -0.3 is 15.2 Å². The summed E-state index contributed by atoms with van der Waals surface area (Å²) in [6.07, 6.45) is 3.54. The first-order valence-corrected chi connectivity index (χ1v) is 6.47. The predicted molar refractivity (Wildman–Crippen MR) is 75.9 cm³/mol. The van der Waals surface area contributed by atoms with Gasteiger partial charge in [0.05, 0.1) is 7.11 Å². The number of nitrogens with one attached hydrogen (secondary N) is 1. The lowest BCUT2D eigenvalue weighted by molar-refractivity contribution is -0.116. The van der Waals surface area contributed by atoms with E-state index in [1.165, 1.54) is 31.4 Å². The van der Waals surface area contributed by atoms with Gasteiger partial charge in [0, 0.05) is 19.2 Å². The molecule has 0 saturated heterocycles. The Balaban J connectivity index is 2.51. The Labute approximate surface area is 118 Å². The fourth-order valence-electron chi connectivity index (χ4n) is 1.61. The van der Waals surface area contributed by atoms with Crippen molar-refractivity contribution in [1.82, 2.24) is 5.32 Å². The number of methoxy groups -OCH3 is 1. The Morgan fingerprint density at radius 1 is 1.55 bits per heavy atom. The van der Waals surface area contributed by atoms with E-state index in [1.54, 1.807) is 6.07 Å². The molecule has 0 fully saturated rings. The number of amides is 1. The Morgan fingerprint density at radius 3 is 2.90 bits per heavy atom. The van der Waals surface area contributed by atoms with Crippen LogP contribution in [0.1, 0.15) is 18.9 Å². The van der Waals surface area contributed by atoms with Gasteiger partial charge in [-0.15, -0.1) is 0 Å². The molecular weight excluding hydrogens is 261 g/mol. The zero-order valence-corrected chi connectivity index (χ0v) is 11.7. The SMILES string of the molecule is COc1ccc(C=CC(=O)NCC(C)CCO)cc1F. The molecule has 1 rings (SSSR count). The van der Waals surface area contributed by atoms with Gasteiger partial charge in [-0.1, -0.05) is 13.0 Å². The van der Waals surface area contributed by atoms with Gasteiger partial charge in [0.1, 0.15) is 0 Å². The number of halogens is 1. The molecule has 1 amide bonds. The Hall–Kier alpha value is -1.88. The van der Waals surface area contributed by atoms with Crippen LogP contribution in [0.25, 0.3) is 6.08 Å². The third-order valence-electron chi connectivity index (χ3n) is 2.85. The molecule has 0 heterocycles. The second-order valence-electron chi connectivity index (χ2n) is 4.59. The maximum Gasteiger partial charge on any atom is 0.244 e. The summed E-state index contributed by atoms with van der Waals surface area (Å²) in [6, 6.07) is 4.48. The highest BCUT2D eigenvalue weighted by molar-refractivity contribution is 5.91. The molecule has 0 aliphatic carbocycles. The number of aliphatic hydroxyl groups excluding tert-OH is 1. The molecule has 110 valence electrons. The summed E-state index contributed by atoms with van der Waals surface area (Å²) in [5.41, 5.74) is 0.585. The minimum atomic E-state index is -0.466. The van der Waals surface area contributed by atoms with Crippen molar-refractivity contribution >= 4 is 12.0 Å². The molecule has 1 aromatic rings. The van der Waals surface area contributed by atoms with Crippen molar-refractivity contribution in [2.75, 3.05) is 20.3 Å². The monoisotopic (exact) mass is 281 g/mol. The minimum absolute atomic E-state index is 0.109. The predicted octanol–water partition coefficient (Wildman–Crippen LogP) is 1.98. The van der Waals surface area contributed by atoms with Crippen molar-refractivity contribution in [3.05, 3.63) is 35.7 Å². The minimum Gasteiger partial charge on any atom is -0.494 e. The van der Waals surface area contributed by atoms with Crippen LogP contribution in [0.4, 0.5) is 4.39 Å². The van der Waals surface area contributed by atoms with Gasteiger partial charge in [0.25, 0.3) is 0 Å². The summed E-state index contributed by atoms with van der Waals surface area (Å²) < 4.78 is 18.2. The largest absolute Gasteiger partial charge is 0.494 e. The molecular formula is C15H20FNO3. The van der Waals surface area contributed by atoms with Gasteiger partial charge >= 0.3 is 0 Å². The van der Waals surface area contributed by atoms with Gasteiger partial charge in [-0.2, -0.15) is 0 Å². The van der Waals surface area contributed by atoms with Crippen LogP contribution in [-0.4, -0.2) is 31.3 Å². The zero-order chi connectivity index (χ0) is 15.0. The van der Waals surface area contributed by atoms with Crippen molar-refractivity contribution in [3.63, 3.8) is 0 Å². The lowest BCUT2D eigenvalue weighted by atomic mass is 10.1. The van der Waals surface area contributed by atoms with E-state index in [9.17, 15) is 9.18 Å². The highest BCUT2D eigenvalue weighted by Crippen LogP contribution is 2.18. The highest BCUT2D eigenvalue weighted by atomic mass is 19.1. The molecule has 20 heavy (non-hydrogen) atoms. The molecule has 0 aliphatic heterocycles. The first-order chi connectivity index (χ1) is 9.56. The van der Waals surface area contributed by atoms with Crippen LogP contribution >= 0.6 is 0 Å². The van der Waals surface area contributed by atoms with Crippen molar-refractivity contribution in [1.29, 1.82) is 0 Å². The summed E-state index contributed by atoms with van der Waals surface area (Å²) in [7, 11) is 1.40. The molecule has 2 N–H and O–H groups in total. The topological polar surface area (TPSA) is 58.6 Å². The fraction of sp³-hybridized carbons (Fsp3) is 0.400. The summed E-state index contributed by atoms with van der Waals surface area (Å²) in [5, 5.41) is 11.5. The lowest BCUT2D eigenvalue weighted by Gasteiger charge is -2.09. The van der Waals surface area contributed by atoms with Gasteiger partial charge in [0.15, 0.2) is 11.6 Å². The van der Waals surface area contributed by atoms with E-state index in [0.717, 1.165) is 0 Å². The van der Waals surface area contributed by atoms with E-state index in [2.05, 4.69) is 5.32 Å². The van der Waals surface area contributed by atoms with Crippen LogP contribution in [0.15, 0.2) is 24.3 Å². The van der Waals surface area contributed by atoms with Crippen LogP contribution < -0.4 is 10.1 Å². The van der Waals surface area contributed by atoms with Gasteiger partial charge in [0.2, 0.25) is 5.91 Å². The number of carbonyl (C=O) groups is 1.